The minimum absolute atomic E-state index is 0.314. The summed E-state index contributed by atoms with van der Waals surface area (Å²) in [5.74, 6) is 0.629. The van der Waals surface area contributed by atoms with E-state index in [9.17, 15) is 0 Å². The van der Waals surface area contributed by atoms with Crippen molar-refractivity contribution in [2.75, 3.05) is 19.0 Å². The second-order valence-corrected chi connectivity index (χ2v) is 3.50. The Morgan fingerprint density at radius 2 is 1.71 bits per heavy atom. The summed E-state index contributed by atoms with van der Waals surface area (Å²) in [6, 6.07) is 5.75. The van der Waals surface area contributed by atoms with Crippen LogP contribution in [0, 0.1) is 10.8 Å². The molecule has 0 saturated heterocycles. The van der Waals surface area contributed by atoms with Crippen molar-refractivity contribution in [2.45, 2.75) is 0 Å². The summed E-state index contributed by atoms with van der Waals surface area (Å²) in [6.07, 6.45) is 0. The van der Waals surface area contributed by atoms with E-state index in [1.165, 1.54) is 0 Å². The highest BCUT2D eigenvalue weighted by molar-refractivity contribution is 6.23. The predicted octanol–water partition coefficient (Wildman–Crippen LogP) is 1.01. The van der Waals surface area contributed by atoms with Gasteiger partial charge in [0.05, 0.1) is 0 Å². The van der Waals surface area contributed by atoms with E-state index >= 15 is 0 Å². The second kappa shape index (κ2) is 2.83. The van der Waals surface area contributed by atoms with Gasteiger partial charge >= 0.3 is 0 Å². The summed E-state index contributed by atoms with van der Waals surface area (Å²) < 4.78 is 0. The molecule has 72 valence electrons. The Bertz CT molecular complexity index is 420. The number of hydrogen-bond acceptors (Lipinski definition) is 3. The number of nitrogens with one attached hydrogen (secondary N) is 3. The van der Waals surface area contributed by atoms with Crippen molar-refractivity contribution in [3.05, 3.63) is 29.3 Å². The largest absolute Gasteiger partial charge is 0.378 e. The van der Waals surface area contributed by atoms with Gasteiger partial charge in [-0.25, -0.2) is 0 Å². The highest BCUT2D eigenvalue weighted by atomic mass is 15.1. The molecule has 1 aromatic carbocycles. The van der Waals surface area contributed by atoms with Crippen LogP contribution in [0.4, 0.5) is 5.69 Å². The van der Waals surface area contributed by atoms with Gasteiger partial charge in [-0.15, -0.1) is 0 Å². The molecule has 0 amide bonds. The van der Waals surface area contributed by atoms with Gasteiger partial charge in [0.1, 0.15) is 11.7 Å². The monoisotopic (exact) mass is 188 g/mol. The normalized spacial score (nSPS) is 13.9. The van der Waals surface area contributed by atoms with Crippen LogP contribution in [0.15, 0.2) is 18.2 Å². The van der Waals surface area contributed by atoms with Gasteiger partial charge in [-0.05, 0) is 18.2 Å². The Labute approximate surface area is 82.6 Å². The number of benzene rings is 1. The maximum absolute atomic E-state index is 7.63. The molecule has 1 aromatic rings. The molecule has 0 spiro atoms. The zero-order chi connectivity index (χ0) is 10.3. The van der Waals surface area contributed by atoms with Gasteiger partial charge in [0.15, 0.2) is 0 Å². The number of nitrogens with zero attached hydrogens (tertiary/aromatic N) is 1. The van der Waals surface area contributed by atoms with Gasteiger partial charge in [0.2, 0.25) is 0 Å². The van der Waals surface area contributed by atoms with Crippen molar-refractivity contribution in [1.82, 2.24) is 5.32 Å². The van der Waals surface area contributed by atoms with Gasteiger partial charge in [-0.1, -0.05) is 0 Å². The standard InChI is InChI=1S/C10H12N4/c1-14(2)6-3-4-7-8(5-6)10(12)13-9(7)11/h3-5H,1-2H3,(H3,11,12,13). The molecule has 0 atom stereocenters. The summed E-state index contributed by atoms with van der Waals surface area (Å²) in [5, 5.41) is 17.9. The highest BCUT2D eigenvalue weighted by Crippen LogP contribution is 2.21. The fourth-order valence-electron chi connectivity index (χ4n) is 1.49. The molecule has 1 aliphatic heterocycles. The summed E-state index contributed by atoms with van der Waals surface area (Å²) in [6.45, 7) is 0. The molecule has 3 N–H and O–H groups in total. The number of fused-ring (bicyclic) bond motifs is 1. The summed E-state index contributed by atoms with van der Waals surface area (Å²) in [7, 11) is 3.91. The molecule has 1 aliphatic rings. The Morgan fingerprint density at radius 3 is 2.36 bits per heavy atom. The number of rotatable bonds is 1. The summed E-state index contributed by atoms with van der Waals surface area (Å²) >= 11 is 0. The van der Waals surface area contributed by atoms with Crippen LogP contribution >= 0.6 is 0 Å². The third-order valence-electron chi connectivity index (χ3n) is 2.31. The number of anilines is 1. The van der Waals surface area contributed by atoms with Crippen LogP contribution in [0.1, 0.15) is 11.1 Å². The fraction of sp³-hybridized carbons (Fsp3) is 0.200. The summed E-state index contributed by atoms with van der Waals surface area (Å²) in [4.78, 5) is 1.98. The van der Waals surface area contributed by atoms with Crippen LogP contribution in [0.2, 0.25) is 0 Å². The summed E-state index contributed by atoms with van der Waals surface area (Å²) in [5.41, 5.74) is 2.66. The lowest BCUT2D eigenvalue weighted by atomic mass is 10.1. The zero-order valence-electron chi connectivity index (χ0n) is 8.18. The smallest absolute Gasteiger partial charge is 0.131 e. The zero-order valence-corrected chi connectivity index (χ0v) is 8.18. The van der Waals surface area contributed by atoms with Crippen molar-refractivity contribution in [2.24, 2.45) is 0 Å². The van der Waals surface area contributed by atoms with Crippen LogP contribution in [0.5, 0.6) is 0 Å². The maximum atomic E-state index is 7.63. The molecule has 0 unspecified atom stereocenters. The van der Waals surface area contributed by atoms with Crippen molar-refractivity contribution >= 4 is 17.4 Å². The van der Waals surface area contributed by atoms with E-state index in [0.29, 0.717) is 11.7 Å². The minimum Gasteiger partial charge on any atom is -0.378 e. The average molecular weight is 188 g/mol. The van der Waals surface area contributed by atoms with E-state index in [4.69, 9.17) is 10.8 Å². The predicted molar refractivity (Wildman–Crippen MR) is 57.6 cm³/mol. The van der Waals surface area contributed by atoms with Gasteiger partial charge in [0, 0.05) is 30.9 Å². The quantitative estimate of drug-likeness (QED) is 0.615. The van der Waals surface area contributed by atoms with Gasteiger partial charge in [0.25, 0.3) is 0 Å². The van der Waals surface area contributed by atoms with E-state index in [1.807, 2.05) is 37.2 Å². The molecular formula is C10H12N4. The Balaban J connectivity index is 2.55. The van der Waals surface area contributed by atoms with E-state index < -0.39 is 0 Å². The Kier molecular flexibility index (Phi) is 1.77. The van der Waals surface area contributed by atoms with Crippen LogP contribution in [0.3, 0.4) is 0 Å². The van der Waals surface area contributed by atoms with Gasteiger partial charge in [-0.2, -0.15) is 0 Å². The molecular weight excluding hydrogens is 176 g/mol. The second-order valence-electron chi connectivity index (χ2n) is 3.50. The molecule has 0 aliphatic carbocycles. The lowest BCUT2D eigenvalue weighted by molar-refractivity contribution is 1.13. The van der Waals surface area contributed by atoms with E-state index in [-0.39, 0.29) is 0 Å². The van der Waals surface area contributed by atoms with Crippen LogP contribution < -0.4 is 10.2 Å². The first kappa shape index (κ1) is 8.74. The lowest BCUT2D eigenvalue weighted by Crippen LogP contribution is -2.20. The molecule has 0 saturated carbocycles. The molecule has 2 rings (SSSR count). The third-order valence-corrected chi connectivity index (χ3v) is 2.31. The topological polar surface area (TPSA) is 63.0 Å². The molecule has 14 heavy (non-hydrogen) atoms. The van der Waals surface area contributed by atoms with Gasteiger partial charge in [-0.3, -0.25) is 10.8 Å². The van der Waals surface area contributed by atoms with Crippen molar-refractivity contribution in [1.29, 1.82) is 10.8 Å². The first-order valence-electron chi connectivity index (χ1n) is 4.36. The highest BCUT2D eigenvalue weighted by Gasteiger charge is 2.20. The number of hydrogen-bond donors (Lipinski definition) is 3. The number of amidine groups is 2. The first-order chi connectivity index (χ1) is 6.59. The Morgan fingerprint density at radius 1 is 1.07 bits per heavy atom. The van der Waals surface area contributed by atoms with Crippen molar-refractivity contribution in [3.63, 3.8) is 0 Å². The maximum Gasteiger partial charge on any atom is 0.131 e. The molecule has 4 nitrogen and oxygen atoms in total. The molecule has 4 heteroatoms. The van der Waals surface area contributed by atoms with E-state index in [0.717, 1.165) is 16.8 Å². The minimum atomic E-state index is 0.314. The third kappa shape index (κ3) is 1.16. The Hall–Kier alpha value is -1.84. The van der Waals surface area contributed by atoms with E-state index in [2.05, 4.69) is 5.32 Å². The molecule has 0 bridgehead atoms. The SMILES string of the molecule is CN(C)c1ccc2c(c1)C(=N)NC2=N. The van der Waals surface area contributed by atoms with Crippen LogP contribution in [0.25, 0.3) is 0 Å². The average Bonchev–Trinajstić information content (AvgIpc) is 2.42. The van der Waals surface area contributed by atoms with Crippen LogP contribution in [-0.4, -0.2) is 25.8 Å². The molecule has 0 fully saturated rings. The van der Waals surface area contributed by atoms with Gasteiger partial charge < -0.3 is 10.2 Å². The van der Waals surface area contributed by atoms with E-state index in [1.54, 1.807) is 0 Å². The fourth-order valence-corrected chi connectivity index (χ4v) is 1.49. The molecule has 1 heterocycles. The van der Waals surface area contributed by atoms with Crippen LogP contribution in [-0.2, 0) is 0 Å². The lowest BCUT2D eigenvalue weighted by Gasteiger charge is -2.12. The molecule has 0 radical (unpaired) electrons. The molecule has 0 aromatic heterocycles. The van der Waals surface area contributed by atoms with Crippen molar-refractivity contribution < 1.29 is 0 Å². The first-order valence-corrected chi connectivity index (χ1v) is 4.36. The van der Waals surface area contributed by atoms with Crippen molar-refractivity contribution in [3.8, 4) is 0 Å².